The molecule has 0 aliphatic heterocycles. The van der Waals surface area contributed by atoms with E-state index in [0.29, 0.717) is 6.04 Å². The first kappa shape index (κ1) is 18.2. The van der Waals surface area contributed by atoms with E-state index >= 15 is 0 Å². The van der Waals surface area contributed by atoms with Gasteiger partial charge in [-0.05, 0) is 68.7 Å². The van der Waals surface area contributed by atoms with Crippen molar-refractivity contribution in [3.05, 3.63) is 22.4 Å². The summed E-state index contributed by atoms with van der Waals surface area (Å²) in [6.07, 6.45) is 5.10. The second kappa shape index (κ2) is 9.26. The first-order chi connectivity index (χ1) is 9.95. The van der Waals surface area contributed by atoms with Crippen molar-refractivity contribution in [2.45, 2.75) is 52.6 Å². The van der Waals surface area contributed by atoms with Gasteiger partial charge in [-0.1, -0.05) is 6.92 Å². The van der Waals surface area contributed by atoms with E-state index in [9.17, 15) is 4.79 Å². The zero-order chi connectivity index (χ0) is 15.8. The molecule has 1 amide bonds. The minimum Gasteiger partial charge on any atom is -0.351 e. The van der Waals surface area contributed by atoms with Crippen LogP contribution < -0.4 is 5.32 Å². The van der Waals surface area contributed by atoms with Gasteiger partial charge in [-0.15, -0.1) is 0 Å². The molecule has 1 aromatic rings. The van der Waals surface area contributed by atoms with Crippen LogP contribution >= 0.6 is 15.9 Å². The Bertz CT molecular complexity index is 443. The van der Waals surface area contributed by atoms with Gasteiger partial charge >= 0.3 is 0 Å². The molecule has 1 N–H and O–H groups in total. The molecule has 0 aliphatic rings. The van der Waals surface area contributed by atoms with E-state index in [0.717, 1.165) is 49.1 Å². The average Bonchev–Trinajstić information content (AvgIpc) is 2.79. The van der Waals surface area contributed by atoms with Crippen molar-refractivity contribution in [1.82, 2.24) is 14.8 Å². The molecular weight excluding hydrogens is 330 g/mol. The van der Waals surface area contributed by atoms with Crippen LogP contribution in [0.1, 0.15) is 50.5 Å². The molecule has 1 aromatic heterocycles. The quantitative estimate of drug-likeness (QED) is 0.686. The summed E-state index contributed by atoms with van der Waals surface area (Å²) in [4.78, 5) is 14.5. The molecule has 5 heteroatoms. The molecule has 0 aliphatic carbocycles. The first-order valence-electron chi connectivity index (χ1n) is 7.79. The van der Waals surface area contributed by atoms with Crippen molar-refractivity contribution >= 4 is 21.8 Å². The van der Waals surface area contributed by atoms with Gasteiger partial charge in [0.25, 0.3) is 5.91 Å². The van der Waals surface area contributed by atoms with Gasteiger partial charge in [0.05, 0.1) is 0 Å². The van der Waals surface area contributed by atoms with E-state index < -0.39 is 0 Å². The Hall–Kier alpha value is -0.810. The molecule has 1 rings (SSSR count). The summed E-state index contributed by atoms with van der Waals surface area (Å²) in [6, 6.07) is 2.46. The Morgan fingerprint density at radius 1 is 1.43 bits per heavy atom. The third kappa shape index (κ3) is 6.22. The lowest BCUT2D eigenvalue weighted by Crippen LogP contribution is -2.29. The second-order valence-corrected chi connectivity index (χ2v) is 6.69. The molecule has 120 valence electrons. The number of nitrogens with zero attached hydrogens (tertiary/aromatic N) is 2. The largest absolute Gasteiger partial charge is 0.351 e. The van der Waals surface area contributed by atoms with Gasteiger partial charge in [0.1, 0.15) is 5.69 Å². The van der Waals surface area contributed by atoms with Crippen LogP contribution in [-0.4, -0.2) is 41.6 Å². The lowest BCUT2D eigenvalue weighted by Gasteiger charge is -2.20. The minimum absolute atomic E-state index is 0.0198. The predicted octanol–water partition coefficient (Wildman–Crippen LogP) is 3.51. The number of rotatable bonds is 9. The van der Waals surface area contributed by atoms with E-state index in [1.54, 1.807) is 0 Å². The van der Waals surface area contributed by atoms with Crippen LogP contribution in [0.3, 0.4) is 0 Å². The van der Waals surface area contributed by atoms with Gasteiger partial charge in [0, 0.05) is 29.8 Å². The number of halogens is 1. The van der Waals surface area contributed by atoms with Gasteiger partial charge < -0.3 is 14.8 Å². The van der Waals surface area contributed by atoms with Crippen LogP contribution in [-0.2, 0) is 6.54 Å². The van der Waals surface area contributed by atoms with Crippen LogP contribution in [0.25, 0.3) is 0 Å². The van der Waals surface area contributed by atoms with Crippen LogP contribution in [0.2, 0.25) is 0 Å². The zero-order valence-electron chi connectivity index (χ0n) is 13.7. The van der Waals surface area contributed by atoms with Gasteiger partial charge in [-0.25, -0.2) is 0 Å². The van der Waals surface area contributed by atoms with Crippen LogP contribution in [0, 0.1) is 0 Å². The van der Waals surface area contributed by atoms with Crippen molar-refractivity contribution in [2.75, 3.05) is 20.1 Å². The average molecular weight is 358 g/mol. The highest BCUT2D eigenvalue weighted by Crippen LogP contribution is 2.15. The maximum absolute atomic E-state index is 12.2. The number of carbonyl (C=O) groups is 1. The monoisotopic (exact) mass is 357 g/mol. The molecule has 0 spiro atoms. The summed E-state index contributed by atoms with van der Waals surface area (Å²) in [5.74, 6) is 0.0198. The Morgan fingerprint density at radius 2 is 2.14 bits per heavy atom. The van der Waals surface area contributed by atoms with Crippen molar-refractivity contribution in [3.8, 4) is 0 Å². The van der Waals surface area contributed by atoms with E-state index in [-0.39, 0.29) is 5.91 Å². The second-order valence-electron chi connectivity index (χ2n) is 5.77. The van der Waals surface area contributed by atoms with E-state index in [1.165, 1.54) is 0 Å². The lowest BCUT2D eigenvalue weighted by atomic mass is 10.2. The van der Waals surface area contributed by atoms with Crippen molar-refractivity contribution in [3.63, 3.8) is 0 Å². The zero-order valence-corrected chi connectivity index (χ0v) is 15.2. The summed E-state index contributed by atoms with van der Waals surface area (Å²) in [7, 11) is 2.14. The third-order valence-corrected chi connectivity index (χ3v) is 4.10. The fourth-order valence-corrected chi connectivity index (χ4v) is 2.59. The molecule has 0 aromatic carbocycles. The molecule has 0 unspecified atom stereocenters. The molecule has 0 fully saturated rings. The number of aryl methyl sites for hydroxylation is 1. The number of nitrogens with one attached hydrogen (secondary N) is 1. The Balaban J connectivity index is 2.34. The fourth-order valence-electron chi connectivity index (χ4n) is 2.13. The van der Waals surface area contributed by atoms with E-state index in [1.807, 2.05) is 16.8 Å². The number of unbranched alkanes of at least 4 members (excludes halogenated alkanes) is 1. The van der Waals surface area contributed by atoms with Crippen molar-refractivity contribution in [1.29, 1.82) is 0 Å². The van der Waals surface area contributed by atoms with Crippen LogP contribution in [0.15, 0.2) is 16.7 Å². The van der Waals surface area contributed by atoms with E-state index in [2.05, 4.69) is 54.0 Å². The highest BCUT2D eigenvalue weighted by Gasteiger charge is 2.12. The lowest BCUT2D eigenvalue weighted by molar-refractivity contribution is 0.0943. The number of hydrogen-bond acceptors (Lipinski definition) is 2. The van der Waals surface area contributed by atoms with Gasteiger partial charge in [0.15, 0.2) is 0 Å². The smallest absolute Gasteiger partial charge is 0.267 e. The van der Waals surface area contributed by atoms with Gasteiger partial charge in [-0.3, -0.25) is 4.79 Å². The number of amides is 1. The maximum Gasteiger partial charge on any atom is 0.267 e. The predicted molar refractivity (Wildman–Crippen MR) is 91.8 cm³/mol. The van der Waals surface area contributed by atoms with Crippen LogP contribution in [0.5, 0.6) is 0 Å². The normalized spacial score (nSPS) is 11.4. The third-order valence-electron chi connectivity index (χ3n) is 3.67. The fraction of sp³-hybridized carbons (Fsp3) is 0.688. The molecule has 21 heavy (non-hydrogen) atoms. The minimum atomic E-state index is 0.0198. The van der Waals surface area contributed by atoms with E-state index in [4.69, 9.17) is 0 Å². The summed E-state index contributed by atoms with van der Waals surface area (Å²) >= 11 is 3.44. The SMILES string of the molecule is CCCn1cc(Br)cc1C(=O)NCCCCN(C)C(C)C. The van der Waals surface area contributed by atoms with Crippen molar-refractivity contribution < 1.29 is 4.79 Å². The number of carbonyl (C=O) groups excluding carboxylic acids is 1. The highest BCUT2D eigenvalue weighted by molar-refractivity contribution is 9.10. The molecule has 0 atom stereocenters. The first-order valence-corrected chi connectivity index (χ1v) is 8.59. The van der Waals surface area contributed by atoms with Gasteiger partial charge in [0.2, 0.25) is 0 Å². The Morgan fingerprint density at radius 3 is 2.76 bits per heavy atom. The Kier molecular flexibility index (Phi) is 8.04. The van der Waals surface area contributed by atoms with Crippen LogP contribution in [0.4, 0.5) is 0 Å². The number of hydrogen-bond donors (Lipinski definition) is 1. The highest BCUT2D eigenvalue weighted by atomic mass is 79.9. The van der Waals surface area contributed by atoms with Gasteiger partial charge in [-0.2, -0.15) is 0 Å². The molecule has 1 heterocycles. The van der Waals surface area contributed by atoms with Crippen molar-refractivity contribution in [2.24, 2.45) is 0 Å². The maximum atomic E-state index is 12.2. The molecule has 0 bridgehead atoms. The molecule has 0 saturated heterocycles. The molecule has 0 saturated carbocycles. The summed E-state index contributed by atoms with van der Waals surface area (Å²) < 4.78 is 2.96. The summed E-state index contributed by atoms with van der Waals surface area (Å²) in [5, 5.41) is 3.01. The topological polar surface area (TPSA) is 37.3 Å². The molecular formula is C16H28BrN3O. The molecule has 4 nitrogen and oxygen atoms in total. The summed E-state index contributed by atoms with van der Waals surface area (Å²) in [5.41, 5.74) is 0.739. The standard InChI is InChI=1S/C16H28BrN3O/c1-5-9-20-12-14(17)11-15(20)16(21)18-8-6-7-10-19(4)13(2)3/h11-13H,5-10H2,1-4H3,(H,18,21). The number of aromatic nitrogens is 1. The molecule has 0 radical (unpaired) electrons. The summed E-state index contributed by atoms with van der Waals surface area (Å²) in [6.45, 7) is 9.18. The Labute approximate surface area is 137 Å².